The zero-order valence-electron chi connectivity index (χ0n) is 9.82. The fraction of sp³-hybridized carbons (Fsp3) is 0.538. The van der Waals surface area contributed by atoms with Crippen LogP contribution in [0.3, 0.4) is 0 Å². The predicted octanol–water partition coefficient (Wildman–Crippen LogP) is 2.34. The van der Waals surface area contributed by atoms with E-state index in [9.17, 15) is 5.11 Å². The molecule has 0 aliphatic carbocycles. The molecular weight excluding hydrogens is 282 g/mol. The van der Waals surface area contributed by atoms with Gasteiger partial charge in [0.25, 0.3) is 0 Å². The summed E-state index contributed by atoms with van der Waals surface area (Å²) < 4.78 is 7.16. The van der Waals surface area contributed by atoms with Crippen LogP contribution in [0.1, 0.15) is 24.5 Å². The van der Waals surface area contributed by atoms with Gasteiger partial charge in [0.15, 0.2) is 0 Å². The lowest BCUT2D eigenvalue weighted by atomic mass is 9.88. The van der Waals surface area contributed by atoms with Crippen LogP contribution in [0, 0.1) is 0 Å². The van der Waals surface area contributed by atoms with Crippen molar-refractivity contribution < 1.29 is 9.84 Å². The molecule has 1 spiro atoms. The van der Waals surface area contributed by atoms with Crippen molar-refractivity contribution in [1.29, 1.82) is 0 Å². The number of aliphatic hydroxyl groups is 1. The monoisotopic (exact) mass is 297 g/mol. The highest BCUT2D eigenvalue weighted by atomic mass is 79.9. The summed E-state index contributed by atoms with van der Waals surface area (Å²) in [5.74, 6) is 0.827. The smallest absolute Gasteiger partial charge is 0.127 e. The molecule has 92 valence electrons. The molecule has 0 aromatic heterocycles. The van der Waals surface area contributed by atoms with E-state index in [4.69, 9.17) is 4.74 Å². The van der Waals surface area contributed by atoms with Gasteiger partial charge in [-0.25, -0.2) is 0 Å². The third-order valence-corrected chi connectivity index (χ3v) is 4.23. The van der Waals surface area contributed by atoms with E-state index in [0.717, 1.165) is 35.3 Å². The second-order valence-corrected chi connectivity index (χ2v) is 6.09. The first kappa shape index (κ1) is 11.5. The highest BCUT2D eigenvalue weighted by Gasteiger charge is 2.44. The summed E-state index contributed by atoms with van der Waals surface area (Å²) in [7, 11) is 2.10. The predicted molar refractivity (Wildman–Crippen MR) is 69.2 cm³/mol. The molecule has 0 saturated carbocycles. The van der Waals surface area contributed by atoms with E-state index in [1.807, 2.05) is 18.2 Å². The summed E-state index contributed by atoms with van der Waals surface area (Å²) in [5, 5.41) is 10.3. The summed E-state index contributed by atoms with van der Waals surface area (Å²) in [6.07, 6.45) is 1.29. The Labute approximate surface area is 110 Å². The Morgan fingerprint density at radius 3 is 3.06 bits per heavy atom. The molecule has 3 rings (SSSR count). The third kappa shape index (κ3) is 1.98. The first-order valence-electron chi connectivity index (χ1n) is 5.93. The van der Waals surface area contributed by atoms with Crippen molar-refractivity contribution in [2.45, 2.75) is 24.5 Å². The molecular formula is C13H16BrNO2. The number of benzene rings is 1. The zero-order chi connectivity index (χ0) is 12.0. The van der Waals surface area contributed by atoms with Gasteiger partial charge in [-0.15, -0.1) is 0 Å². The van der Waals surface area contributed by atoms with Gasteiger partial charge >= 0.3 is 0 Å². The summed E-state index contributed by atoms with van der Waals surface area (Å²) in [4.78, 5) is 2.26. The number of hydrogen-bond acceptors (Lipinski definition) is 3. The fourth-order valence-electron chi connectivity index (χ4n) is 2.90. The molecule has 1 fully saturated rings. The number of hydrogen-bond donors (Lipinski definition) is 1. The third-order valence-electron chi connectivity index (χ3n) is 3.73. The van der Waals surface area contributed by atoms with Crippen molar-refractivity contribution >= 4 is 15.9 Å². The van der Waals surface area contributed by atoms with Gasteiger partial charge in [0.05, 0.1) is 6.10 Å². The van der Waals surface area contributed by atoms with Crippen molar-refractivity contribution in [2.24, 2.45) is 0 Å². The molecule has 2 heterocycles. The van der Waals surface area contributed by atoms with E-state index in [1.54, 1.807) is 0 Å². The number of rotatable bonds is 0. The Hall–Kier alpha value is -0.580. The van der Waals surface area contributed by atoms with Crippen LogP contribution in [0.15, 0.2) is 22.7 Å². The SMILES string of the molecule is CN1CCC2(C[C@@H](O)c3ccc(Br)cc3O2)C1. The molecule has 1 N–H and O–H groups in total. The molecule has 2 aliphatic heterocycles. The van der Waals surface area contributed by atoms with Crippen LogP contribution in [0.25, 0.3) is 0 Å². The highest BCUT2D eigenvalue weighted by Crippen LogP contribution is 2.44. The molecule has 1 saturated heterocycles. The molecule has 1 aromatic carbocycles. The van der Waals surface area contributed by atoms with Crippen LogP contribution in [-0.2, 0) is 0 Å². The average Bonchev–Trinajstić information content (AvgIpc) is 2.58. The van der Waals surface area contributed by atoms with Crippen LogP contribution in [0.4, 0.5) is 0 Å². The van der Waals surface area contributed by atoms with Crippen LogP contribution in [0.5, 0.6) is 5.75 Å². The maximum Gasteiger partial charge on any atom is 0.127 e. The van der Waals surface area contributed by atoms with E-state index < -0.39 is 6.10 Å². The second-order valence-electron chi connectivity index (χ2n) is 5.17. The molecule has 17 heavy (non-hydrogen) atoms. The first-order chi connectivity index (χ1) is 8.08. The molecule has 1 aromatic rings. The Kier molecular flexibility index (Phi) is 2.69. The summed E-state index contributed by atoms with van der Waals surface area (Å²) in [6, 6.07) is 5.84. The van der Waals surface area contributed by atoms with E-state index in [1.165, 1.54) is 0 Å². The molecule has 0 amide bonds. The molecule has 2 aliphatic rings. The van der Waals surface area contributed by atoms with Crippen LogP contribution in [-0.4, -0.2) is 35.7 Å². The topological polar surface area (TPSA) is 32.7 Å². The first-order valence-corrected chi connectivity index (χ1v) is 6.72. The van der Waals surface area contributed by atoms with Gasteiger partial charge in [-0.1, -0.05) is 22.0 Å². The molecule has 1 unspecified atom stereocenters. The van der Waals surface area contributed by atoms with Crippen LogP contribution >= 0.6 is 15.9 Å². The van der Waals surface area contributed by atoms with Crippen LogP contribution < -0.4 is 4.74 Å². The second kappa shape index (κ2) is 3.97. The molecule has 2 atom stereocenters. The van der Waals surface area contributed by atoms with Gasteiger partial charge in [-0.2, -0.15) is 0 Å². The van der Waals surface area contributed by atoms with Crippen molar-refractivity contribution in [2.75, 3.05) is 20.1 Å². The number of likely N-dealkylation sites (N-methyl/N-ethyl adjacent to an activating group) is 1. The Morgan fingerprint density at radius 1 is 1.53 bits per heavy atom. The van der Waals surface area contributed by atoms with Gasteiger partial charge in [0.2, 0.25) is 0 Å². The van der Waals surface area contributed by atoms with E-state index in [-0.39, 0.29) is 5.60 Å². The van der Waals surface area contributed by atoms with Crippen molar-refractivity contribution in [3.63, 3.8) is 0 Å². The summed E-state index contributed by atoms with van der Waals surface area (Å²) in [6.45, 7) is 1.94. The lowest BCUT2D eigenvalue weighted by molar-refractivity contribution is -0.00583. The Balaban J connectivity index is 1.97. The van der Waals surface area contributed by atoms with Crippen LogP contribution in [0.2, 0.25) is 0 Å². The number of ether oxygens (including phenoxy) is 1. The van der Waals surface area contributed by atoms with Crippen molar-refractivity contribution in [1.82, 2.24) is 4.90 Å². The Bertz CT molecular complexity index is 451. The minimum absolute atomic E-state index is 0.192. The van der Waals surface area contributed by atoms with Crippen molar-refractivity contribution in [3.8, 4) is 5.75 Å². The highest BCUT2D eigenvalue weighted by molar-refractivity contribution is 9.10. The zero-order valence-corrected chi connectivity index (χ0v) is 11.4. The molecule has 3 nitrogen and oxygen atoms in total. The standard InChI is InChI=1S/C13H16BrNO2/c1-15-5-4-13(8-15)7-11(16)10-3-2-9(14)6-12(10)17-13/h2-3,6,11,16H,4-5,7-8H2,1H3/t11-,13?/m1/s1. The van der Waals surface area contributed by atoms with Gasteiger partial charge in [-0.05, 0) is 19.2 Å². The molecule has 0 radical (unpaired) electrons. The van der Waals surface area contributed by atoms with Gasteiger partial charge in [-0.3, -0.25) is 0 Å². The van der Waals surface area contributed by atoms with E-state index in [2.05, 4.69) is 27.9 Å². The molecule has 0 bridgehead atoms. The maximum absolute atomic E-state index is 10.3. The lowest BCUT2D eigenvalue weighted by Crippen LogP contribution is -2.43. The fourth-order valence-corrected chi connectivity index (χ4v) is 3.24. The quantitative estimate of drug-likeness (QED) is 0.798. The molecule has 4 heteroatoms. The van der Waals surface area contributed by atoms with Gasteiger partial charge in [0.1, 0.15) is 11.4 Å². The normalized spacial score (nSPS) is 32.5. The van der Waals surface area contributed by atoms with Crippen molar-refractivity contribution in [3.05, 3.63) is 28.2 Å². The largest absolute Gasteiger partial charge is 0.485 e. The Morgan fingerprint density at radius 2 is 2.35 bits per heavy atom. The van der Waals surface area contributed by atoms with Gasteiger partial charge in [0, 0.05) is 36.0 Å². The minimum Gasteiger partial charge on any atom is -0.485 e. The van der Waals surface area contributed by atoms with E-state index in [0.29, 0.717) is 6.42 Å². The number of nitrogens with zero attached hydrogens (tertiary/aromatic N) is 1. The summed E-state index contributed by atoms with van der Waals surface area (Å²) >= 11 is 3.45. The number of likely N-dealkylation sites (tertiary alicyclic amines) is 1. The number of aliphatic hydroxyl groups excluding tert-OH is 1. The van der Waals surface area contributed by atoms with Gasteiger partial charge < -0.3 is 14.7 Å². The minimum atomic E-state index is -0.404. The van der Waals surface area contributed by atoms with E-state index >= 15 is 0 Å². The lowest BCUT2D eigenvalue weighted by Gasteiger charge is -2.38. The number of halogens is 1. The summed E-state index contributed by atoms with van der Waals surface area (Å²) in [5.41, 5.74) is 0.718. The number of fused-ring (bicyclic) bond motifs is 1. The maximum atomic E-state index is 10.3. The average molecular weight is 298 g/mol.